The highest BCUT2D eigenvalue weighted by Crippen LogP contribution is 2.29. The molecule has 0 fully saturated rings. The van der Waals surface area contributed by atoms with Crippen LogP contribution in [0.25, 0.3) is 0 Å². The molecule has 1 aromatic carbocycles. The summed E-state index contributed by atoms with van der Waals surface area (Å²) in [6, 6.07) is 6.62. The van der Waals surface area contributed by atoms with E-state index >= 15 is 0 Å². The van der Waals surface area contributed by atoms with E-state index in [4.69, 9.17) is 0 Å². The molecule has 1 aliphatic heterocycles. The van der Waals surface area contributed by atoms with E-state index < -0.39 is 6.36 Å². The van der Waals surface area contributed by atoms with Gasteiger partial charge in [-0.15, -0.1) is 13.2 Å². The fourth-order valence-electron chi connectivity index (χ4n) is 2.84. The molecule has 0 unspecified atom stereocenters. The van der Waals surface area contributed by atoms with Gasteiger partial charge in [0.2, 0.25) is 5.95 Å². The topological polar surface area (TPSA) is 50.3 Å². The first kappa shape index (κ1) is 18.3. The Bertz CT molecular complexity index is 766. The molecule has 0 radical (unpaired) electrons. The third kappa shape index (κ3) is 4.56. The van der Waals surface area contributed by atoms with Gasteiger partial charge >= 0.3 is 6.36 Å². The van der Waals surface area contributed by atoms with Gasteiger partial charge in [0.1, 0.15) is 11.6 Å². The first-order valence-corrected chi connectivity index (χ1v) is 8.56. The average Bonchev–Trinajstić information content (AvgIpc) is 2.60. The van der Waals surface area contributed by atoms with Crippen LogP contribution in [0.3, 0.4) is 0 Å². The largest absolute Gasteiger partial charge is 0.573 e. The van der Waals surface area contributed by atoms with Gasteiger partial charge in [0.15, 0.2) is 0 Å². The van der Waals surface area contributed by atoms with Gasteiger partial charge in [-0.3, -0.25) is 0 Å². The lowest BCUT2D eigenvalue weighted by Crippen LogP contribution is -2.31. The Morgan fingerprint density at radius 1 is 1.27 bits per heavy atom. The summed E-state index contributed by atoms with van der Waals surface area (Å²) >= 11 is 0. The van der Waals surface area contributed by atoms with Gasteiger partial charge in [0.25, 0.3) is 0 Å². The number of alkyl halides is 3. The Morgan fingerprint density at radius 2 is 2.08 bits per heavy atom. The summed E-state index contributed by atoms with van der Waals surface area (Å²) in [4.78, 5) is 10.9. The SMILES string of the molecule is CC[C@@H](C)Nc1nccc(N2CCc3cc(OC(F)(F)F)ccc3C2)n1. The van der Waals surface area contributed by atoms with E-state index in [2.05, 4.69) is 38.8 Å². The Balaban J connectivity index is 1.73. The summed E-state index contributed by atoms with van der Waals surface area (Å²) in [5.41, 5.74) is 1.84. The highest BCUT2D eigenvalue weighted by molar-refractivity contribution is 5.48. The Hall–Kier alpha value is -2.51. The van der Waals surface area contributed by atoms with Crippen molar-refractivity contribution in [3.05, 3.63) is 41.6 Å². The number of fused-ring (bicyclic) bond motifs is 1. The minimum absolute atomic E-state index is 0.174. The molecular weight excluding hydrogens is 345 g/mol. The van der Waals surface area contributed by atoms with E-state index in [0.717, 1.165) is 23.4 Å². The third-order valence-corrected chi connectivity index (χ3v) is 4.38. The zero-order valence-corrected chi connectivity index (χ0v) is 14.7. The number of rotatable bonds is 5. The molecule has 0 saturated carbocycles. The quantitative estimate of drug-likeness (QED) is 0.862. The molecule has 0 amide bonds. The van der Waals surface area contributed by atoms with Crippen molar-refractivity contribution in [1.82, 2.24) is 9.97 Å². The normalized spacial score (nSPS) is 15.3. The van der Waals surface area contributed by atoms with Crippen LogP contribution in [-0.2, 0) is 13.0 Å². The number of halogens is 3. The van der Waals surface area contributed by atoms with Crippen LogP contribution in [0.1, 0.15) is 31.4 Å². The highest BCUT2D eigenvalue weighted by atomic mass is 19.4. The maximum absolute atomic E-state index is 12.4. The van der Waals surface area contributed by atoms with E-state index in [1.54, 1.807) is 12.3 Å². The smallest absolute Gasteiger partial charge is 0.406 e. The van der Waals surface area contributed by atoms with Gasteiger partial charge in [0.05, 0.1) is 0 Å². The maximum atomic E-state index is 12.4. The van der Waals surface area contributed by atoms with Gasteiger partial charge < -0.3 is 15.0 Å². The van der Waals surface area contributed by atoms with Gasteiger partial charge in [0, 0.05) is 25.3 Å². The van der Waals surface area contributed by atoms with E-state index in [1.165, 1.54) is 12.1 Å². The third-order valence-electron chi connectivity index (χ3n) is 4.38. The number of nitrogens with zero attached hydrogens (tertiary/aromatic N) is 3. The lowest BCUT2D eigenvalue weighted by atomic mass is 9.99. The fraction of sp³-hybridized carbons (Fsp3) is 0.444. The van der Waals surface area contributed by atoms with Gasteiger partial charge in [-0.1, -0.05) is 13.0 Å². The molecule has 5 nitrogen and oxygen atoms in total. The van der Waals surface area contributed by atoms with E-state index in [1.807, 2.05) is 6.07 Å². The molecule has 1 atom stereocenters. The molecule has 2 aromatic rings. The number of nitrogens with one attached hydrogen (secondary N) is 1. The van der Waals surface area contributed by atoms with Gasteiger partial charge in [-0.05, 0) is 49.1 Å². The molecule has 1 aliphatic rings. The lowest BCUT2D eigenvalue weighted by molar-refractivity contribution is -0.274. The first-order valence-electron chi connectivity index (χ1n) is 8.56. The molecule has 0 bridgehead atoms. The standard InChI is InChI=1S/C18H21F3N4O/c1-3-12(2)23-17-22-8-6-16(24-17)25-9-7-13-10-15(26-18(19,20)21)5-4-14(13)11-25/h4-6,8,10,12H,3,7,9,11H2,1-2H3,(H,22,23,24)/t12-/m1/s1. The Kier molecular flexibility index (Phi) is 5.20. The van der Waals surface area contributed by atoms with E-state index in [0.29, 0.717) is 25.5 Å². The maximum Gasteiger partial charge on any atom is 0.573 e. The van der Waals surface area contributed by atoms with Crippen molar-refractivity contribution in [2.75, 3.05) is 16.8 Å². The summed E-state index contributed by atoms with van der Waals surface area (Å²) in [6.07, 6.45) is -1.37. The molecule has 1 N–H and O–H groups in total. The summed E-state index contributed by atoms with van der Waals surface area (Å²) in [5.74, 6) is 1.20. The lowest BCUT2D eigenvalue weighted by Gasteiger charge is -2.30. The number of anilines is 2. The van der Waals surface area contributed by atoms with Crippen molar-refractivity contribution in [1.29, 1.82) is 0 Å². The van der Waals surface area contributed by atoms with Crippen molar-refractivity contribution < 1.29 is 17.9 Å². The van der Waals surface area contributed by atoms with Crippen LogP contribution in [0.15, 0.2) is 30.5 Å². The van der Waals surface area contributed by atoms with Crippen LogP contribution in [0, 0.1) is 0 Å². The molecule has 3 rings (SSSR count). The van der Waals surface area contributed by atoms with Crippen molar-refractivity contribution in [2.24, 2.45) is 0 Å². The summed E-state index contributed by atoms with van der Waals surface area (Å²) < 4.78 is 41.1. The summed E-state index contributed by atoms with van der Waals surface area (Å²) in [7, 11) is 0. The van der Waals surface area contributed by atoms with Gasteiger partial charge in [-0.2, -0.15) is 4.98 Å². The van der Waals surface area contributed by atoms with E-state index in [-0.39, 0.29) is 11.8 Å². The van der Waals surface area contributed by atoms with Crippen LogP contribution in [0.4, 0.5) is 24.9 Å². The second-order valence-electron chi connectivity index (χ2n) is 6.34. The van der Waals surface area contributed by atoms with Gasteiger partial charge in [-0.25, -0.2) is 4.98 Å². The Labute approximate surface area is 150 Å². The molecule has 2 heterocycles. The average molecular weight is 366 g/mol. The Morgan fingerprint density at radius 3 is 2.81 bits per heavy atom. The van der Waals surface area contributed by atoms with Crippen LogP contribution in [-0.4, -0.2) is 28.9 Å². The number of ether oxygens (including phenoxy) is 1. The molecule has 0 saturated heterocycles. The fourth-order valence-corrected chi connectivity index (χ4v) is 2.84. The van der Waals surface area contributed by atoms with Crippen molar-refractivity contribution >= 4 is 11.8 Å². The number of hydrogen-bond donors (Lipinski definition) is 1. The zero-order valence-electron chi connectivity index (χ0n) is 14.7. The monoisotopic (exact) mass is 366 g/mol. The van der Waals surface area contributed by atoms with Crippen molar-refractivity contribution in [3.8, 4) is 5.75 Å². The second-order valence-corrected chi connectivity index (χ2v) is 6.34. The van der Waals surface area contributed by atoms with Crippen molar-refractivity contribution in [2.45, 2.75) is 45.6 Å². The predicted molar refractivity (Wildman–Crippen MR) is 93.3 cm³/mol. The minimum Gasteiger partial charge on any atom is -0.406 e. The molecule has 140 valence electrons. The molecule has 0 aliphatic carbocycles. The molecule has 0 spiro atoms. The summed E-state index contributed by atoms with van der Waals surface area (Å²) in [5, 5.41) is 3.25. The second kappa shape index (κ2) is 7.39. The zero-order chi connectivity index (χ0) is 18.7. The van der Waals surface area contributed by atoms with E-state index in [9.17, 15) is 13.2 Å². The number of hydrogen-bond acceptors (Lipinski definition) is 5. The first-order chi connectivity index (χ1) is 12.3. The predicted octanol–water partition coefficient (Wildman–Crippen LogP) is 4.15. The molecule has 1 aromatic heterocycles. The minimum atomic E-state index is -4.67. The molecule has 8 heteroatoms. The van der Waals surface area contributed by atoms with Crippen LogP contribution < -0.4 is 15.0 Å². The van der Waals surface area contributed by atoms with Crippen LogP contribution in [0.2, 0.25) is 0 Å². The number of aromatic nitrogens is 2. The molecule has 26 heavy (non-hydrogen) atoms. The summed E-state index contributed by atoms with van der Waals surface area (Å²) in [6.45, 7) is 5.40. The molecular formula is C18H21F3N4O. The van der Waals surface area contributed by atoms with Crippen molar-refractivity contribution in [3.63, 3.8) is 0 Å². The highest BCUT2D eigenvalue weighted by Gasteiger charge is 2.31. The van der Waals surface area contributed by atoms with Crippen LogP contribution >= 0.6 is 0 Å². The number of benzene rings is 1. The van der Waals surface area contributed by atoms with Crippen LogP contribution in [0.5, 0.6) is 5.75 Å².